The molecule has 0 unspecified atom stereocenters. The van der Waals surface area contributed by atoms with Crippen molar-refractivity contribution in [3.05, 3.63) is 71.8 Å². The van der Waals surface area contributed by atoms with Crippen LogP contribution in [0.4, 0.5) is 0 Å². The molecule has 2 atom stereocenters. The predicted molar refractivity (Wildman–Crippen MR) is 97.6 cm³/mol. The minimum Gasteiger partial charge on any atom is -0.352 e. The van der Waals surface area contributed by atoms with Crippen molar-refractivity contribution < 1.29 is 9.59 Å². The zero-order valence-electron chi connectivity index (χ0n) is 14.5. The first-order chi connectivity index (χ1) is 12.2. The van der Waals surface area contributed by atoms with E-state index in [9.17, 15) is 9.59 Å². The number of carbonyl (C=O) groups is 2. The largest absolute Gasteiger partial charge is 0.352 e. The highest BCUT2D eigenvalue weighted by Crippen LogP contribution is 2.36. The second-order valence-corrected chi connectivity index (χ2v) is 6.38. The monoisotopic (exact) mass is 336 g/mol. The molecule has 2 aromatic rings. The maximum absolute atomic E-state index is 12.9. The van der Waals surface area contributed by atoms with E-state index < -0.39 is 0 Å². The van der Waals surface area contributed by atoms with Crippen molar-refractivity contribution in [1.82, 2.24) is 10.2 Å². The van der Waals surface area contributed by atoms with Crippen LogP contribution in [0.3, 0.4) is 0 Å². The van der Waals surface area contributed by atoms with Gasteiger partial charge in [-0.2, -0.15) is 0 Å². The molecule has 1 heterocycles. The Bertz CT molecular complexity index is 715. The molecular formula is C21H24N2O2. The highest BCUT2D eigenvalue weighted by molar-refractivity contribution is 5.85. The molecular weight excluding hydrogens is 312 g/mol. The third kappa shape index (κ3) is 3.90. The summed E-state index contributed by atoms with van der Waals surface area (Å²) in [5, 5.41) is 3.05. The molecule has 2 amide bonds. The van der Waals surface area contributed by atoms with Crippen molar-refractivity contribution in [3.63, 3.8) is 0 Å². The van der Waals surface area contributed by atoms with Gasteiger partial charge in [-0.3, -0.25) is 9.59 Å². The molecule has 0 bridgehead atoms. The zero-order valence-corrected chi connectivity index (χ0v) is 14.5. The van der Waals surface area contributed by atoms with E-state index in [2.05, 4.69) is 5.32 Å². The van der Waals surface area contributed by atoms with Crippen LogP contribution in [0.5, 0.6) is 0 Å². The summed E-state index contributed by atoms with van der Waals surface area (Å²) in [6, 6.07) is 19.6. The topological polar surface area (TPSA) is 49.4 Å². The standard InChI is InChI=1S/C21H24N2O2/c1-2-23-19(24)14-13-18(20(23)17-11-7-4-8-12-17)21(25)22-15-16-9-5-3-6-10-16/h3-12,18,20H,2,13-15H2,1H3,(H,22,25)/t18-,20+/m1/s1. The summed E-state index contributed by atoms with van der Waals surface area (Å²) in [5.74, 6) is -0.0733. The highest BCUT2D eigenvalue weighted by atomic mass is 16.2. The number of amides is 2. The van der Waals surface area contributed by atoms with Crippen LogP contribution in [0.25, 0.3) is 0 Å². The number of likely N-dealkylation sites (tertiary alicyclic amines) is 1. The van der Waals surface area contributed by atoms with Crippen LogP contribution in [-0.4, -0.2) is 23.3 Å². The Labute approximate surface area is 148 Å². The summed E-state index contributed by atoms with van der Waals surface area (Å²) >= 11 is 0. The third-order valence-electron chi connectivity index (χ3n) is 4.83. The lowest BCUT2D eigenvalue weighted by Crippen LogP contribution is -2.47. The van der Waals surface area contributed by atoms with Crippen molar-refractivity contribution in [2.45, 2.75) is 32.4 Å². The number of hydrogen-bond donors (Lipinski definition) is 1. The van der Waals surface area contributed by atoms with Crippen LogP contribution >= 0.6 is 0 Å². The Morgan fingerprint density at radius 1 is 1.08 bits per heavy atom. The van der Waals surface area contributed by atoms with E-state index in [1.165, 1.54) is 0 Å². The summed E-state index contributed by atoms with van der Waals surface area (Å²) in [6.45, 7) is 3.09. The second kappa shape index (κ2) is 7.97. The van der Waals surface area contributed by atoms with Gasteiger partial charge in [0.15, 0.2) is 0 Å². The molecule has 25 heavy (non-hydrogen) atoms. The van der Waals surface area contributed by atoms with Crippen molar-refractivity contribution in [1.29, 1.82) is 0 Å². The second-order valence-electron chi connectivity index (χ2n) is 6.38. The molecule has 1 fully saturated rings. The van der Waals surface area contributed by atoms with Gasteiger partial charge in [0, 0.05) is 19.5 Å². The van der Waals surface area contributed by atoms with E-state index in [4.69, 9.17) is 0 Å². The Hall–Kier alpha value is -2.62. The van der Waals surface area contributed by atoms with Gasteiger partial charge in [0.25, 0.3) is 0 Å². The number of hydrogen-bond acceptors (Lipinski definition) is 2. The fourth-order valence-corrected chi connectivity index (χ4v) is 3.58. The molecule has 3 rings (SSSR count). The van der Waals surface area contributed by atoms with E-state index >= 15 is 0 Å². The molecule has 2 aromatic carbocycles. The Morgan fingerprint density at radius 2 is 1.72 bits per heavy atom. The average Bonchev–Trinajstić information content (AvgIpc) is 2.67. The van der Waals surface area contributed by atoms with Crippen molar-refractivity contribution >= 4 is 11.8 Å². The molecule has 0 aromatic heterocycles. The number of nitrogens with zero attached hydrogens (tertiary/aromatic N) is 1. The van der Waals surface area contributed by atoms with E-state index in [1.807, 2.05) is 72.5 Å². The maximum Gasteiger partial charge on any atom is 0.225 e. The minimum atomic E-state index is -0.219. The highest BCUT2D eigenvalue weighted by Gasteiger charge is 2.39. The summed E-state index contributed by atoms with van der Waals surface area (Å²) in [7, 11) is 0. The quantitative estimate of drug-likeness (QED) is 0.911. The van der Waals surface area contributed by atoms with Gasteiger partial charge in [-0.1, -0.05) is 60.7 Å². The summed E-state index contributed by atoms with van der Waals surface area (Å²) < 4.78 is 0. The number of rotatable bonds is 5. The summed E-state index contributed by atoms with van der Waals surface area (Å²) in [6.07, 6.45) is 1.02. The van der Waals surface area contributed by atoms with Crippen molar-refractivity contribution in [2.24, 2.45) is 5.92 Å². The van der Waals surface area contributed by atoms with Gasteiger partial charge in [-0.15, -0.1) is 0 Å². The summed E-state index contributed by atoms with van der Waals surface area (Å²) in [4.78, 5) is 27.1. The molecule has 1 aliphatic rings. The molecule has 4 nitrogen and oxygen atoms in total. The smallest absolute Gasteiger partial charge is 0.225 e. The van der Waals surface area contributed by atoms with Gasteiger partial charge >= 0.3 is 0 Å². The predicted octanol–water partition coefficient (Wildman–Crippen LogP) is 3.30. The number of piperidine rings is 1. The minimum absolute atomic E-state index is 0.0173. The van der Waals surface area contributed by atoms with Gasteiger partial charge in [0.2, 0.25) is 11.8 Å². The molecule has 130 valence electrons. The Balaban J connectivity index is 1.79. The van der Waals surface area contributed by atoms with Gasteiger partial charge in [0.05, 0.1) is 12.0 Å². The lowest BCUT2D eigenvalue weighted by Gasteiger charge is -2.40. The van der Waals surface area contributed by atoms with Gasteiger partial charge in [-0.05, 0) is 24.5 Å². The van der Waals surface area contributed by atoms with Crippen LogP contribution in [0.2, 0.25) is 0 Å². The first-order valence-electron chi connectivity index (χ1n) is 8.86. The molecule has 0 saturated carbocycles. The molecule has 1 saturated heterocycles. The SMILES string of the molecule is CCN1C(=O)CC[C@@H](C(=O)NCc2ccccc2)[C@@H]1c1ccccc1. The first-order valence-corrected chi connectivity index (χ1v) is 8.86. The third-order valence-corrected chi connectivity index (χ3v) is 4.83. The number of carbonyl (C=O) groups excluding carboxylic acids is 2. The normalized spacial score (nSPS) is 20.4. The molecule has 0 aliphatic carbocycles. The molecule has 4 heteroatoms. The average molecular weight is 336 g/mol. The van der Waals surface area contributed by atoms with Crippen molar-refractivity contribution in [3.8, 4) is 0 Å². The molecule has 1 aliphatic heterocycles. The molecule has 0 radical (unpaired) electrons. The van der Waals surface area contributed by atoms with Crippen LogP contribution < -0.4 is 5.32 Å². The van der Waals surface area contributed by atoms with E-state index in [-0.39, 0.29) is 23.8 Å². The van der Waals surface area contributed by atoms with Gasteiger partial charge in [0.1, 0.15) is 0 Å². The van der Waals surface area contributed by atoms with Crippen molar-refractivity contribution in [2.75, 3.05) is 6.54 Å². The van der Waals surface area contributed by atoms with Gasteiger partial charge in [-0.25, -0.2) is 0 Å². The van der Waals surface area contributed by atoms with Crippen LogP contribution in [0, 0.1) is 5.92 Å². The van der Waals surface area contributed by atoms with Gasteiger partial charge < -0.3 is 10.2 Å². The maximum atomic E-state index is 12.9. The molecule has 0 spiro atoms. The lowest BCUT2D eigenvalue weighted by molar-refractivity contribution is -0.143. The zero-order chi connectivity index (χ0) is 17.6. The Kier molecular flexibility index (Phi) is 5.49. The first kappa shape index (κ1) is 17.2. The fourth-order valence-electron chi connectivity index (χ4n) is 3.58. The van der Waals surface area contributed by atoms with E-state index in [1.54, 1.807) is 0 Å². The number of benzene rings is 2. The number of nitrogens with one attached hydrogen (secondary N) is 1. The van der Waals surface area contributed by atoms with Crippen LogP contribution in [-0.2, 0) is 16.1 Å². The fraction of sp³-hybridized carbons (Fsp3) is 0.333. The van der Waals surface area contributed by atoms with E-state index in [0.717, 1.165) is 11.1 Å². The molecule has 1 N–H and O–H groups in total. The summed E-state index contributed by atoms with van der Waals surface area (Å²) in [5.41, 5.74) is 2.10. The Morgan fingerprint density at radius 3 is 2.36 bits per heavy atom. The van der Waals surface area contributed by atoms with Crippen LogP contribution in [0.15, 0.2) is 60.7 Å². The van der Waals surface area contributed by atoms with E-state index in [0.29, 0.717) is 25.9 Å². The van der Waals surface area contributed by atoms with Crippen LogP contribution in [0.1, 0.15) is 36.9 Å². The lowest BCUT2D eigenvalue weighted by atomic mass is 9.83.